The summed E-state index contributed by atoms with van der Waals surface area (Å²) in [5.74, 6) is 1.52. The van der Waals surface area contributed by atoms with Crippen molar-refractivity contribution in [3.63, 3.8) is 0 Å². The Hall–Kier alpha value is -1.95. The molecule has 0 bridgehead atoms. The molecule has 0 radical (unpaired) electrons. The van der Waals surface area contributed by atoms with Crippen LogP contribution in [-0.4, -0.2) is 40.5 Å². The molecule has 20 heavy (non-hydrogen) atoms. The van der Waals surface area contributed by atoms with E-state index in [0.717, 1.165) is 5.56 Å². The van der Waals surface area contributed by atoms with Crippen LogP contribution in [0.3, 0.4) is 0 Å². The fraction of sp³-hybridized carbons (Fsp3) is 0.500. The molecule has 0 aromatic heterocycles. The third-order valence-electron chi connectivity index (χ3n) is 2.64. The Kier molecular flexibility index (Phi) is 6.66. The van der Waals surface area contributed by atoms with Gasteiger partial charge >= 0.3 is 5.97 Å². The molecule has 0 atom stereocenters. The van der Waals surface area contributed by atoms with Crippen molar-refractivity contribution < 1.29 is 23.7 Å². The molecule has 1 aromatic carbocycles. The van der Waals surface area contributed by atoms with Gasteiger partial charge in [0.05, 0.1) is 21.3 Å². The minimum atomic E-state index is -0.278. The Morgan fingerprint density at radius 3 is 2.15 bits per heavy atom. The molecule has 1 aromatic rings. The summed E-state index contributed by atoms with van der Waals surface area (Å²) >= 11 is 0. The van der Waals surface area contributed by atoms with E-state index in [-0.39, 0.29) is 5.97 Å². The molecule has 0 aliphatic rings. The maximum Gasteiger partial charge on any atom is 0.302 e. The van der Waals surface area contributed by atoms with Crippen LogP contribution in [0.5, 0.6) is 17.2 Å². The number of rotatable bonds is 8. The van der Waals surface area contributed by atoms with Crippen molar-refractivity contribution in [2.45, 2.75) is 13.5 Å². The molecule has 6 nitrogen and oxygen atoms in total. The van der Waals surface area contributed by atoms with Crippen LogP contribution in [0.25, 0.3) is 0 Å². The Labute approximate surface area is 119 Å². The van der Waals surface area contributed by atoms with Crippen molar-refractivity contribution in [2.75, 3.05) is 34.5 Å². The summed E-state index contributed by atoms with van der Waals surface area (Å²) in [6.45, 7) is 2.92. The summed E-state index contributed by atoms with van der Waals surface area (Å²) in [4.78, 5) is 10.6. The number of nitrogens with one attached hydrogen (secondary N) is 1. The molecule has 112 valence electrons. The number of carbonyl (C=O) groups excluding carboxylic acids is 1. The molecule has 1 rings (SSSR count). The smallest absolute Gasteiger partial charge is 0.302 e. The molecule has 0 amide bonds. The molecule has 0 aliphatic heterocycles. The summed E-state index contributed by atoms with van der Waals surface area (Å²) in [6, 6.07) is 3.75. The van der Waals surface area contributed by atoms with Crippen LogP contribution >= 0.6 is 0 Å². The lowest BCUT2D eigenvalue weighted by atomic mass is 10.2. The zero-order chi connectivity index (χ0) is 15.0. The number of hydrogen-bond acceptors (Lipinski definition) is 6. The molecule has 1 N–H and O–H groups in total. The van der Waals surface area contributed by atoms with Crippen LogP contribution in [0.4, 0.5) is 0 Å². The zero-order valence-electron chi connectivity index (χ0n) is 12.3. The standard InChI is InChI=1S/C14H21NO5/c1-10(16)20-6-5-15-9-11-7-12(17-2)14(19-4)13(8-11)18-3/h7-8,15H,5-6,9H2,1-4H3. The van der Waals surface area contributed by atoms with E-state index in [1.807, 2.05) is 12.1 Å². The van der Waals surface area contributed by atoms with Gasteiger partial charge in [0.25, 0.3) is 0 Å². The average molecular weight is 283 g/mol. The second-order valence-electron chi connectivity index (χ2n) is 4.05. The van der Waals surface area contributed by atoms with E-state index in [1.54, 1.807) is 21.3 Å². The first-order valence-electron chi connectivity index (χ1n) is 6.25. The number of ether oxygens (including phenoxy) is 4. The van der Waals surface area contributed by atoms with Crippen molar-refractivity contribution in [2.24, 2.45) is 0 Å². The van der Waals surface area contributed by atoms with Gasteiger partial charge in [-0.05, 0) is 17.7 Å². The summed E-state index contributed by atoms with van der Waals surface area (Å²) in [5, 5.41) is 3.17. The van der Waals surface area contributed by atoms with Gasteiger partial charge in [-0.25, -0.2) is 0 Å². The van der Waals surface area contributed by atoms with E-state index in [9.17, 15) is 4.79 Å². The Bertz CT molecular complexity index is 422. The van der Waals surface area contributed by atoms with Gasteiger partial charge in [0.2, 0.25) is 5.75 Å². The number of hydrogen-bond donors (Lipinski definition) is 1. The predicted molar refractivity (Wildman–Crippen MR) is 74.4 cm³/mol. The Balaban J connectivity index is 2.64. The van der Waals surface area contributed by atoms with Gasteiger partial charge in [-0.1, -0.05) is 0 Å². The number of benzene rings is 1. The highest BCUT2D eigenvalue weighted by Crippen LogP contribution is 2.38. The molecule has 0 fully saturated rings. The van der Waals surface area contributed by atoms with Gasteiger partial charge < -0.3 is 24.3 Å². The highest BCUT2D eigenvalue weighted by atomic mass is 16.5. The maximum atomic E-state index is 10.6. The van der Waals surface area contributed by atoms with Gasteiger partial charge in [-0.3, -0.25) is 4.79 Å². The monoisotopic (exact) mass is 283 g/mol. The van der Waals surface area contributed by atoms with Crippen LogP contribution < -0.4 is 19.5 Å². The molecule has 0 saturated carbocycles. The predicted octanol–water partition coefficient (Wildman–Crippen LogP) is 1.37. The van der Waals surface area contributed by atoms with Gasteiger partial charge in [0, 0.05) is 20.0 Å². The molecular weight excluding hydrogens is 262 g/mol. The first kappa shape index (κ1) is 16.1. The van der Waals surface area contributed by atoms with E-state index < -0.39 is 0 Å². The van der Waals surface area contributed by atoms with Crippen molar-refractivity contribution in [1.29, 1.82) is 0 Å². The van der Waals surface area contributed by atoms with Crippen molar-refractivity contribution in [3.05, 3.63) is 17.7 Å². The third kappa shape index (κ3) is 4.62. The fourth-order valence-corrected chi connectivity index (χ4v) is 1.74. The van der Waals surface area contributed by atoms with E-state index in [1.165, 1.54) is 6.92 Å². The van der Waals surface area contributed by atoms with Crippen LogP contribution in [-0.2, 0) is 16.1 Å². The first-order valence-corrected chi connectivity index (χ1v) is 6.25. The molecular formula is C14H21NO5. The van der Waals surface area contributed by atoms with Crippen LogP contribution in [0, 0.1) is 0 Å². The Morgan fingerprint density at radius 1 is 1.10 bits per heavy atom. The molecule has 0 heterocycles. The van der Waals surface area contributed by atoms with Crippen molar-refractivity contribution in [1.82, 2.24) is 5.32 Å². The second-order valence-corrected chi connectivity index (χ2v) is 4.05. The lowest BCUT2D eigenvalue weighted by molar-refractivity contribution is -0.140. The molecule has 6 heteroatoms. The van der Waals surface area contributed by atoms with Crippen LogP contribution in [0.1, 0.15) is 12.5 Å². The number of esters is 1. The molecule has 0 unspecified atom stereocenters. The summed E-state index contributed by atoms with van der Waals surface area (Å²) in [7, 11) is 4.72. The van der Waals surface area contributed by atoms with E-state index in [0.29, 0.717) is 36.9 Å². The van der Waals surface area contributed by atoms with Crippen molar-refractivity contribution in [3.8, 4) is 17.2 Å². The highest BCUT2D eigenvalue weighted by molar-refractivity contribution is 5.65. The van der Waals surface area contributed by atoms with Gasteiger partial charge in [0.1, 0.15) is 6.61 Å². The average Bonchev–Trinajstić information content (AvgIpc) is 2.45. The maximum absolute atomic E-state index is 10.6. The van der Waals surface area contributed by atoms with E-state index >= 15 is 0 Å². The van der Waals surface area contributed by atoms with Gasteiger partial charge in [-0.15, -0.1) is 0 Å². The van der Waals surface area contributed by atoms with Crippen LogP contribution in [0.15, 0.2) is 12.1 Å². The SMILES string of the molecule is COc1cc(CNCCOC(C)=O)cc(OC)c1OC. The minimum Gasteiger partial charge on any atom is -0.493 e. The Morgan fingerprint density at radius 2 is 1.70 bits per heavy atom. The highest BCUT2D eigenvalue weighted by Gasteiger charge is 2.12. The van der Waals surface area contributed by atoms with Gasteiger partial charge in [0.15, 0.2) is 11.5 Å². The molecule has 0 spiro atoms. The number of carbonyl (C=O) groups is 1. The summed E-state index contributed by atoms with van der Waals surface area (Å²) < 4.78 is 20.6. The molecule has 0 saturated heterocycles. The number of methoxy groups -OCH3 is 3. The summed E-state index contributed by atoms with van der Waals surface area (Å²) in [6.07, 6.45) is 0. The largest absolute Gasteiger partial charge is 0.493 e. The topological polar surface area (TPSA) is 66.0 Å². The van der Waals surface area contributed by atoms with E-state index in [2.05, 4.69) is 5.32 Å². The third-order valence-corrected chi connectivity index (χ3v) is 2.64. The normalized spacial score (nSPS) is 10.0. The minimum absolute atomic E-state index is 0.278. The fourth-order valence-electron chi connectivity index (χ4n) is 1.74. The lowest BCUT2D eigenvalue weighted by Crippen LogP contribution is -2.20. The van der Waals surface area contributed by atoms with Crippen LogP contribution in [0.2, 0.25) is 0 Å². The molecule has 0 aliphatic carbocycles. The first-order chi connectivity index (χ1) is 9.62. The van der Waals surface area contributed by atoms with Gasteiger partial charge in [-0.2, -0.15) is 0 Å². The lowest BCUT2D eigenvalue weighted by Gasteiger charge is -2.14. The zero-order valence-corrected chi connectivity index (χ0v) is 12.3. The quantitative estimate of drug-likeness (QED) is 0.574. The second kappa shape index (κ2) is 8.27. The van der Waals surface area contributed by atoms with E-state index in [4.69, 9.17) is 18.9 Å². The van der Waals surface area contributed by atoms with Crippen molar-refractivity contribution >= 4 is 5.97 Å². The summed E-state index contributed by atoms with van der Waals surface area (Å²) in [5.41, 5.74) is 0.988.